The number of nitrogens with one attached hydrogen (secondary N) is 1. The molecule has 4 nitrogen and oxygen atoms in total. The van der Waals surface area contributed by atoms with Crippen molar-refractivity contribution in [3.05, 3.63) is 89.2 Å². The van der Waals surface area contributed by atoms with Gasteiger partial charge < -0.3 is 9.72 Å². The monoisotopic (exact) mass is 389 g/mol. The van der Waals surface area contributed by atoms with Crippen molar-refractivity contribution >= 4 is 28.8 Å². The second kappa shape index (κ2) is 7.87. The van der Waals surface area contributed by atoms with Crippen molar-refractivity contribution < 1.29 is 4.79 Å². The summed E-state index contributed by atoms with van der Waals surface area (Å²) in [5.41, 5.74) is 5.60. The van der Waals surface area contributed by atoms with Crippen LogP contribution < -0.4 is 5.32 Å². The normalized spacial score (nSPS) is 10.9. The zero-order valence-corrected chi connectivity index (χ0v) is 16.3. The summed E-state index contributed by atoms with van der Waals surface area (Å²) in [6, 6.07) is 21.5. The summed E-state index contributed by atoms with van der Waals surface area (Å²) in [6.45, 7) is 1.95. The molecule has 0 spiro atoms. The van der Waals surface area contributed by atoms with Crippen molar-refractivity contribution in [2.45, 2.75) is 19.8 Å². The molecule has 1 N–H and O–H groups in total. The van der Waals surface area contributed by atoms with Gasteiger partial charge in [-0.2, -0.15) is 0 Å². The molecule has 0 aliphatic carbocycles. The maximum absolute atomic E-state index is 12.6. The van der Waals surface area contributed by atoms with Crippen LogP contribution in [0.4, 0.5) is 5.69 Å². The molecule has 5 heteroatoms. The Hall–Kier alpha value is -3.11. The number of aromatic nitrogens is 2. The van der Waals surface area contributed by atoms with Crippen LogP contribution in [0.5, 0.6) is 0 Å². The fraction of sp³-hybridized carbons (Fsp3) is 0.130. The number of amides is 1. The molecule has 0 saturated heterocycles. The Kier molecular flexibility index (Phi) is 5.13. The van der Waals surface area contributed by atoms with E-state index in [1.54, 1.807) is 6.07 Å². The van der Waals surface area contributed by atoms with E-state index >= 15 is 0 Å². The predicted octanol–water partition coefficient (Wildman–Crippen LogP) is 5.53. The molecular weight excluding hydrogens is 370 g/mol. The van der Waals surface area contributed by atoms with E-state index in [9.17, 15) is 4.79 Å². The summed E-state index contributed by atoms with van der Waals surface area (Å²) in [7, 11) is 0. The van der Waals surface area contributed by atoms with Crippen molar-refractivity contribution in [2.75, 3.05) is 5.32 Å². The highest BCUT2D eigenvalue weighted by molar-refractivity contribution is 6.31. The van der Waals surface area contributed by atoms with E-state index in [1.165, 1.54) is 0 Å². The second-order valence-corrected chi connectivity index (χ2v) is 7.15. The first-order chi connectivity index (χ1) is 13.6. The van der Waals surface area contributed by atoms with Gasteiger partial charge in [0.05, 0.1) is 11.4 Å². The fourth-order valence-corrected chi connectivity index (χ4v) is 3.46. The number of fused-ring (bicyclic) bond motifs is 1. The molecule has 4 aromatic rings. The molecule has 2 aromatic carbocycles. The first-order valence-electron chi connectivity index (χ1n) is 9.19. The number of nitrogens with zero attached hydrogens (tertiary/aromatic N) is 2. The van der Waals surface area contributed by atoms with E-state index < -0.39 is 0 Å². The van der Waals surface area contributed by atoms with E-state index in [0.717, 1.165) is 33.8 Å². The third kappa shape index (κ3) is 3.78. The topological polar surface area (TPSA) is 46.4 Å². The van der Waals surface area contributed by atoms with Gasteiger partial charge in [0, 0.05) is 28.9 Å². The minimum absolute atomic E-state index is 0.0461. The standard InChI is InChI=1S/C23H20ClN3O/c1-16-10-11-18(24)15-19(16)25-22(28)13-12-20-23(17-7-3-2-4-8-17)26-21-9-5-6-14-27(20)21/h2-11,14-15H,12-13H2,1H3,(H,25,28). The van der Waals surface area contributed by atoms with Gasteiger partial charge in [-0.25, -0.2) is 4.98 Å². The number of aryl methyl sites for hydroxylation is 2. The first-order valence-corrected chi connectivity index (χ1v) is 9.57. The number of hydrogen-bond donors (Lipinski definition) is 1. The van der Waals surface area contributed by atoms with Gasteiger partial charge in [-0.1, -0.05) is 54.1 Å². The summed E-state index contributed by atoms with van der Waals surface area (Å²) in [6.07, 6.45) is 2.93. The van der Waals surface area contributed by atoms with E-state index in [2.05, 4.69) is 9.72 Å². The Morgan fingerprint density at radius 1 is 1.07 bits per heavy atom. The Balaban J connectivity index is 1.59. The van der Waals surface area contributed by atoms with Crippen LogP contribution in [0.3, 0.4) is 0 Å². The minimum atomic E-state index is -0.0461. The van der Waals surface area contributed by atoms with E-state index in [-0.39, 0.29) is 5.91 Å². The Bertz CT molecular complexity index is 1140. The molecule has 0 saturated carbocycles. The fourth-order valence-electron chi connectivity index (χ4n) is 3.29. The van der Waals surface area contributed by atoms with Crippen LogP contribution in [-0.4, -0.2) is 15.3 Å². The summed E-state index contributed by atoms with van der Waals surface area (Å²) in [5, 5.41) is 3.57. The van der Waals surface area contributed by atoms with E-state index in [1.807, 2.05) is 73.8 Å². The predicted molar refractivity (Wildman–Crippen MR) is 114 cm³/mol. The van der Waals surface area contributed by atoms with Gasteiger partial charge in [-0.05, 0) is 43.2 Å². The van der Waals surface area contributed by atoms with Crippen molar-refractivity contribution in [3.63, 3.8) is 0 Å². The molecule has 0 aliphatic rings. The van der Waals surface area contributed by atoms with Gasteiger partial charge in [-0.15, -0.1) is 0 Å². The summed E-state index contributed by atoms with van der Waals surface area (Å²) < 4.78 is 2.06. The molecule has 140 valence electrons. The SMILES string of the molecule is Cc1ccc(Cl)cc1NC(=O)CCc1c(-c2ccccc2)nc2ccccn12. The van der Waals surface area contributed by atoms with Gasteiger partial charge in [0.1, 0.15) is 5.65 Å². The van der Waals surface area contributed by atoms with Crippen molar-refractivity contribution in [1.82, 2.24) is 9.38 Å². The molecule has 0 aliphatic heterocycles. The Labute approximate surface area is 168 Å². The summed E-state index contributed by atoms with van der Waals surface area (Å²) in [5.74, 6) is -0.0461. The molecule has 0 bridgehead atoms. The zero-order valence-electron chi connectivity index (χ0n) is 15.5. The number of imidazole rings is 1. The van der Waals surface area contributed by atoms with Crippen LogP contribution >= 0.6 is 11.6 Å². The van der Waals surface area contributed by atoms with Gasteiger partial charge in [-0.3, -0.25) is 4.79 Å². The van der Waals surface area contributed by atoms with Crippen LogP contribution in [0.2, 0.25) is 5.02 Å². The van der Waals surface area contributed by atoms with Gasteiger partial charge >= 0.3 is 0 Å². The maximum Gasteiger partial charge on any atom is 0.224 e. The number of carbonyl (C=O) groups is 1. The molecule has 1 amide bonds. The number of rotatable bonds is 5. The van der Waals surface area contributed by atoms with E-state index in [0.29, 0.717) is 17.9 Å². The van der Waals surface area contributed by atoms with Crippen molar-refractivity contribution in [3.8, 4) is 11.3 Å². The third-order valence-corrected chi connectivity index (χ3v) is 4.97. The summed E-state index contributed by atoms with van der Waals surface area (Å²) >= 11 is 6.05. The van der Waals surface area contributed by atoms with Gasteiger partial charge in [0.2, 0.25) is 5.91 Å². The molecule has 2 aromatic heterocycles. The van der Waals surface area contributed by atoms with Crippen LogP contribution in [0.25, 0.3) is 16.9 Å². The minimum Gasteiger partial charge on any atom is -0.326 e. The summed E-state index contributed by atoms with van der Waals surface area (Å²) in [4.78, 5) is 17.4. The highest BCUT2D eigenvalue weighted by Gasteiger charge is 2.15. The van der Waals surface area contributed by atoms with E-state index in [4.69, 9.17) is 16.6 Å². The van der Waals surface area contributed by atoms with Crippen LogP contribution in [-0.2, 0) is 11.2 Å². The lowest BCUT2D eigenvalue weighted by molar-refractivity contribution is -0.116. The number of halogens is 1. The Morgan fingerprint density at radius 3 is 2.68 bits per heavy atom. The number of benzene rings is 2. The van der Waals surface area contributed by atoms with Gasteiger partial charge in [0.15, 0.2) is 0 Å². The number of anilines is 1. The average molecular weight is 390 g/mol. The highest BCUT2D eigenvalue weighted by atomic mass is 35.5. The molecule has 28 heavy (non-hydrogen) atoms. The highest BCUT2D eigenvalue weighted by Crippen LogP contribution is 2.26. The van der Waals surface area contributed by atoms with Crippen LogP contribution in [0, 0.1) is 6.92 Å². The number of hydrogen-bond acceptors (Lipinski definition) is 2. The largest absolute Gasteiger partial charge is 0.326 e. The molecule has 4 rings (SSSR count). The quantitative estimate of drug-likeness (QED) is 0.487. The lowest BCUT2D eigenvalue weighted by atomic mass is 10.1. The maximum atomic E-state index is 12.6. The molecule has 0 radical (unpaired) electrons. The van der Waals surface area contributed by atoms with Crippen LogP contribution in [0.1, 0.15) is 17.7 Å². The van der Waals surface area contributed by atoms with Crippen molar-refractivity contribution in [2.24, 2.45) is 0 Å². The molecule has 0 unspecified atom stereocenters. The number of carbonyl (C=O) groups excluding carboxylic acids is 1. The van der Waals surface area contributed by atoms with Crippen molar-refractivity contribution in [1.29, 1.82) is 0 Å². The lowest BCUT2D eigenvalue weighted by Gasteiger charge is -2.10. The van der Waals surface area contributed by atoms with Gasteiger partial charge in [0.25, 0.3) is 0 Å². The average Bonchev–Trinajstić information content (AvgIpc) is 3.08. The second-order valence-electron chi connectivity index (χ2n) is 6.71. The first kappa shape index (κ1) is 18.3. The molecule has 0 atom stereocenters. The molecule has 0 fully saturated rings. The zero-order chi connectivity index (χ0) is 19.5. The lowest BCUT2D eigenvalue weighted by Crippen LogP contribution is -2.14. The number of pyridine rings is 1. The van der Waals surface area contributed by atoms with Crippen LogP contribution in [0.15, 0.2) is 72.9 Å². The third-order valence-electron chi connectivity index (χ3n) is 4.74. The molecule has 2 heterocycles. The smallest absolute Gasteiger partial charge is 0.224 e. The molecular formula is C23H20ClN3O. The Morgan fingerprint density at radius 2 is 1.86 bits per heavy atom.